The maximum atomic E-state index is 13.9. The minimum Gasteiger partial charge on any atom is -0.372 e. The van der Waals surface area contributed by atoms with Crippen molar-refractivity contribution < 1.29 is 39.1 Å². The van der Waals surface area contributed by atoms with E-state index in [1.165, 1.54) is 13.0 Å². The third kappa shape index (κ3) is 5.07. The fourth-order valence-electron chi connectivity index (χ4n) is 3.83. The molecule has 2 heterocycles. The molecule has 1 aromatic carbocycles. The summed E-state index contributed by atoms with van der Waals surface area (Å²) >= 11 is 0. The van der Waals surface area contributed by atoms with E-state index in [9.17, 15) is 34.4 Å². The Hall–Kier alpha value is -2.05. The van der Waals surface area contributed by atoms with Crippen LogP contribution in [0, 0.1) is 5.82 Å². The number of pyridine rings is 1. The number of ether oxygens (including phenoxy) is 1. The normalized spacial score (nSPS) is 22.3. The number of nitrogens with zero attached hydrogens (tertiary/aromatic N) is 1. The molecule has 0 spiro atoms. The summed E-state index contributed by atoms with van der Waals surface area (Å²) in [5, 5.41) is 0. The first-order valence-corrected chi connectivity index (χ1v) is 13.4. The number of hydrogen-bond donors (Lipinski definition) is 0. The first-order valence-electron chi connectivity index (χ1n) is 10.0. The van der Waals surface area contributed by atoms with Crippen LogP contribution >= 0.6 is 0 Å². The van der Waals surface area contributed by atoms with E-state index < -0.39 is 53.0 Å². The van der Waals surface area contributed by atoms with Crippen molar-refractivity contribution >= 4 is 19.7 Å². The summed E-state index contributed by atoms with van der Waals surface area (Å²) in [6.07, 6.45) is -3.32. The molecule has 6 nitrogen and oxygen atoms in total. The maximum Gasteiger partial charge on any atom is 0.416 e. The summed E-state index contributed by atoms with van der Waals surface area (Å²) < 4.78 is 108. The van der Waals surface area contributed by atoms with Gasteiger partial charge >= 0.3 is 6.18 Å². The van der Waals surface area contributed by atoms with Gasteiger partial charge in [-0.3, -0.25) is 4.98 Å². The molecule has 1 saturated heterocycles. The van der Waals surface area contributed by atoms with E-state index >= 15 is 0 Å². The van der Waals surface area contributed by atoms with Crippen LogP contribution in [0.2, 0.25) is 0 Å². The number of aryl methyl sites for hydroxylation is 1. The molecular weight excluding hydrogens is 486 g/mol. The fraction of sp³-hybridized carbons (Fsp3) is 0.476. The standard InChI is InChI=1S/C21H23F4NO5S2/c1-4-13-7-17(32(3,27)28)12-26-19(13)18-11-20(2,5-6-31-18)33(29,30)16-9-14(21(23,24)25)8-15(22)10-16/h7-10,12,18H,4-6,11H2,1-3H3. The van der Waals surface area contributed by atoms with Gasteiger partial charge in [-0.25, -0.2) is 21.2 Å². The highest BCUT2D eigenvalue weighted by Gasteiger charge is 2.46. The quantitative estimate of drug-likeness (QED) is 0.559. The molecular formula is C21H23F4NO5S2. The molecule has 0 aliphatic carbocycles. The van der Waals surface area contributed by atoms with Crippen LogP contribution in [0.5, 0.6) is 0 Å². The van der Waals surface area contributed by atoms with E-state index in [0.29, 0.717) is 29.8 Å². The molecule has 33 heavy (non-hydrogen) atoms. The zero-order valence-electron chi connectivity index (χ0n) is 18.1. The Labute approximate surface area is 189 Å². The zero-order chi connectivity index (χ0) is 24.8. The topological polar surface area (TPSA) is 90.4 Å². The Balaban J connectivity index is 2.02. The Bertz CT molecular complexity index is 1280. The minimum atomic E-state index is -4.91. The number of rotatable bonds is 5. The Morgan fingerprint density at radius 2 is 1.79 bits per heavy atom. The van der Waals surface area contributed by atoms with E-state index in [1.54, 1.807) is 6.92 Å². The molecule has 182 valence electrons. The molecule has 0 radical (unpaired) electrons. The number of aromatic nitrogens is 1. The van der Waals surface area contributed by atoms with Gasteiger partial charge in [0.1, 0.15) is 11.9 Å². The van der Waals surface area contributed by atoms with Crippen LogP contribution in [0.15, 0.2) is 40.3 Å². The molecule has 1 aromatic heterocycles. The Morgan fingerprint density at radius 3 is 2.36 bits per heavy atom. The summed E-state index contributed by atoms with van der Waals surface area (Å²) in [5.74, 6) is -1.30. The van der Waals surface area contributed by atoms with Gasteiger partial charge < -0.3 is 4.74 Å². The molecule has 2 atom stereocenters. The first kappa shape index (κ1) is 25.6. The van der Waals surface area contributed by atoms with E-state index in [2.05, 4.69) is 4.98 Å². The highest BCUT2D eigenvalue weighted by atomic mass is 32.2. The molecule has 12 heteroatoms. The van der Waals surface area contributed by atoms with Crippen molar-refractivity contribution in [2.45, 2.75) is 59.9 Å². The molecule has 2 aromatic rings. The van der Waals surface area contributed by atoms with Crippen molar-refractivity contribution in [2.75, 3.05) is 12.9 Å². The molecule has 0 N–H and O–H groups in total. The SMILES string of the molecule is CCc1cc(S(C)(=O)=O)cnc1C1CC(C)(S(=O)(=O)c2cc(F)cc(C(F)(F)F)c2)CCO1. The van der Waals surface area contributed by atoms with E-state index in [1.807, 2.05) is 0 Å². The van der Waals surface area contributed by atoms with Gasteiger partial charge in [-0.1, -0.05) is 6.92 Å². The van der Waals surface area contributed by atoms with Gasteiger partial charge in [-0.2, -0.15) is 13.2 Å². The van der Waals surface area contributed by atoms with Gasteiger partial charge in [-0.15, -0.1) is 0 Å². The van der Waals surface area contributed by atoms with Crippen LogP contribution in [-0.2, 0) is 37.0 Å². The van der Waals surface area contributed by atoms with Gasteiger partial charge in [0.05, 0.1) is 25.8 Å². The monoisotopic (exact) mass is 509 g/mol. The molecule has 2 unspecified atom stereocenters. The van der Waals surface area contributed by atoms with Crippen molar-refractivity contribution in [1.82, 2.24) is 4.98 Å². The smallest absolute Gasteiger partial charge is 0.372 e. The van der Waals surface area contributed by atoms with E-state index in [-0.39, 0.29) is 30.4 Å². The second kappa shape index (κ2) is 8.62. The van der Waals surface area contributed by atoms with Crippen molar-refractivity contribution in [3.63, 3.8) is 0 Å². The summed E-state index contributed by atoms with van der Waals surface area (Å²) in [4.78, 5) is 3.47. The summed E-state index contributed by atoms with van der Waals surface area (Å²) in [7, 11) is -7.91. The third-order valence-corrected chi connectivity index (χ3v) is 9.42. The predicted molar refractivity (Wildman–Crippen MR) is 112 cm³/mol. The lowest BCUT2D eigenvalue weighted by atomic mass is 9.92. The van der Waals surface area contributed by atoms with Crippen LogP contribution < -0.4 is 0 Å². The van der Waals surface area contributed by atoms with E-state index in [4.69, 9.17) is 4.74 Å². The minimum absolute atomic E-state index is 0.00809. The first-order chi connectivity index (χ1) is 15.1. The Kier molecular flexibility index (Phi) is 6.68. The lowest BCUT2D eigenvalue weighted by Crippen LogP contribution is -2.42. The van der Waals surface area contributed by atoms with E-state index in [0.717, 1.165) is 12.5 Å². The van der Waals surface area contributed by atoms with Gasteiger partial charge in [0, 0.05) is 19.1 Å². The second-order valence-corrected chi connectivity index (χ2v) is 12.8. The van der Waals surface area contributed by atoms with Crippen molar-refractivity contribution in [2.24, 2.45) is 0 Å². The number of halogens is 4. The Morgan fingerprint density at radius 1 is 1.12 bits per heavy atom. The van der Waals surface area contributed by atoms with Gasteiger partial charge in [0.25, 0.3) is 0 Å². The van der Waals surface area contributed by atoms with Crippen molar-refractivity contribution in [1.29, 1.82) is 0 Å². The van der Waals surface area contributed by atoms with Gasteiger partial charge in [0.2, 0.25) is 0 Å². The molecule has 0 amide bonds. The maximum absolute atomic E-state index is 13.9. The molecule has 0 bridgehead atoms. The summed E-state index contributed by atoms with van der Waals surface area (Å²) in [5.41, 5.74) is -0.476. The predicted octanol–water partition coefficient (Wildman–Crippen LogP) is 4.29. The number of sulfone groups is 2. The van der Waals surface area contributed by atoms with Crippen LogP contribution in [0.1, 0.15) is 49.6 Å². The second-order valence-electron chi connectivity index (χ2n) is 8.28. The third-order valence-electron chi connectivity index (χ3n) is 5.82. The molecule has 0 saturated carbocycles. The van der Waals surface area contributed by atoms with Crippen molar-refractivity contribution in [3.05, 3.63) is 53.1 Å². The largest absolute Gasteiger partial charge is 0.416 e. The summed E-state index contributed by atoms with van der Waals surface area (Å²) in [6, 6.07) is 2.71. The van der Waals surface area contributed by atoms with Crippen LogP contribution in [-0.4, -0.2) is 39.4 Å². The lowest BCUT2D eigenvalue weighted by molar-refractivity contribution is -0.137. The number of hydrogen-bond acceptors (Lipinski definition) is 6. The summed E-state index contributed by atoms with van der Waals surface area (Å²) in [6.45, 7) is 3.13. The zero-order valence-corrected chi connectivity index (χ0v) is 19.7. The molecule has 1 fully saturated rings. The lowest BCUT2D eigenvalue weighted by Gasteiger charge is -2.38. The van der Waals surface area contributed by atoms with Gasteiger partial charge in [-0.05, 0) is 56.0 Å². The van der Waals surface area contributed by atoms with Crippen LogP contribution in [0.4, 0.5) is 17.6 Å². The molecule has 1 aliphatic heterocycles. The molecule has 3 rings (SSSR count). The number of alkyl halides is 3. The average Bonchev–Trinajstić information content (AvgIpc) is 2.71. The van der Waals surface area contributed by atoms with Gasteiger partial charge in [0.15, 0.2) is 19.7 Å². The highest BCUT2D eigenvalue weighted by molar-refractivity contribution is 7.92. The van der Waals surface area contributed by atoms with Crippen LogP contribution in [0.25, 0.3) is 0 Å². The fourth-order valence-corrected chi connectivity index (χ4v) is 6.27. The molecule has 1 aliphatic rings. The van der Waals surface area contributed by atoms with Crippen molar-refractivity contribution in [3.8, 4) is 0 Å². The average molecular weight is 510 g/mol. The van der Waals surface area contributed by atoms with Crippen LogP contribution in [0.3, 0.4) is 0 Å². The number of benzene rings is 1. The highest BCUT2D eigenvalue weighted by Crippen LogP contribution is 2.43.